The van der Waals surface area contributed by atoms with Crippen molar-refractivity contribution in [2.75, 3.05) is 17.1 Å². The highest BCUT2D eigenvalue weighted by Crippen LogP contribution is 2.23. The molecule has 192 valence electrons. The minimum absolute atomic E-state index is 0.00725. The summed E-state index contributed by atoms with van der Waals surface area (Å²) in [5.41, 5.74) is 1.68. The van der Waals surface area contributed by atoms with E-state index in [1.807, 2.05) is 32.9 Å². The highest BCUT2D eigenvalue weighted by atomic mass is 32.2. The lowest BCUT2D eigenvalue weighted by molar-refractivity contribution is -0.141. The molecule has 1 N–H and O–H groups in total. The fourth-order valence-electron chi connectivity index (χ4n) is 3.68. The van der Waals surface area contributed by atoms with Gasteiger partial charge in [-0.1, -0.05) is 43.3 Å². The summed E-state index contributed by atoms with van der Waals surface area (Å²) in [4.78, 5) is 27.4. The van der Waals surface area contributed by atoms with Gasteiger partial charge in [0.1, 0.15) is 11.9 Å². The first-order valence-corrected chi connectivity index (χ1v) is 13.7. The Morgan fingerprint density at radius 1 is 1.06 bits per heavy atom. The SMILES string of the molecule is CC[C@@H](C)NC(=O)[C@@H](C)N(Cc1ccccc1F)C(=O)CCCN(c1ccccc1C)S(C)(=O)=O. The van der Waals surface area contributed by atoms with E-state index >= 15 is 0 Å². The zero-order valence-electron chi connectivity index (χ0n) is 21.1. The molecule has 0 heterocycles. The number of para-hydroxylation sites is 1. The quantitative estimate of drug-likeness (QED) is 0.472. The van der Waals surface area contributed by atoms with Gasteiger partial charge in [0.15, 0.2) is 0 Å². The minimum atomic E-state index is -3.56. The first kappa shape index (κ1) is 28.3. The van der Waals surface area contributed by atoms with E-state index in [4.69, 9.17) is 0 Å². The monoisotopic (exact) mass is 505 g/mol. The van der Waals surface area contributed by atoms with Gasteiger partial charge >= 0.3 is 0 Å². The topological polar surface area (TPSA) is 86.8 Å². The van der Waals surface area contributed by atoms with Crippen LogP contribution in [0.3, 0.4) is 0 Å². The molecule has 9 heteroatoms. The van der Waals surface area contributed by atoms with Crippen molar-refractivity contribution in [3.63, 3.8) is 0 Å². The summed E-state index contributed by atoms with van der Waals surface area (Å²) in [6, 6.07) is 12.4. The predicted molar refractivity (Wildman–Crippen MR) is 137 cm³/mol. The Hall–Kier alpha value is -2.94. The average Bonchev–Trinajstić information content (AvgIpc) is 2.80. The third-order valence-corrected chi connectivity index (χ3v) is 7.18. The maximum Gasteiger partial charge on any atom is 0.242 e. The molecule has 35 heavy (non-hydrogen) atoms. The van der Waals surface area contributed by atoms with Crippen molar-refractivity contribution in [1.29, 1.82) is 0 Å². The number of nitrogens with zero attached hydrogens (tertiary/aromatic N) is 2. The number of nitrogens with one attached hydrogen (secondary N) is 1. The number of halogens is 1. The van der Waals surface area contributed by atoms with Crippen molar-refractivity contribution in [3.8, 4) is 0 Å². The van der Waals surface area contributed by atoms with Gasteiger partial charge in [0.05, 0.1) is 11.9 Å². The normalized spacial score (nSPS) is 13.1. The summed E-state index contributed by atoms with van der Waals surface area (Å²) in [5, 5.41) is 2.87. The van der Waals surface area contributed by atoms with Crippen LogP contribution in [-0.2, 0) is 26.2 Å². The molecule has 0 radical (unpaired) electrons. The standard InChI is InChI=1S/C26H36FN3O4S/c1-6-20(3)28-26(32)21(4)29(18-22-13-8-9-14-23(22)27)25(31)16-11-17-30(35(5,33)34)24-15-10-7-12-19(24)2/h7-10,12-15,20-21H,6,11,16-18H2,1-5H3,(H,28,32)/t20-,21-/m1/s1. The smallest absolute Gasteiger partial charge is 0.242 e. The van der Waals surface area contributed by atoms with Crippen LogP contribution >= 0.6 is 0 Å². The third-order valence-electron chi connectivity index (χ3n) is 6.00. The number of sulfonamides is 1. The van der Waals surface area contributed by atoms with Crippen LogP contribution in [-0.4, -0.2) is 50.0 Å². The number of rotatable bonds is 12. The van der Waals surface area contributed by atoms with Crippen LogP contribution in [0.2, 0.25) is 0 Å². The Morgan fingerprint density at radius 3 is 2.29 bits per heavy atom. The van der Waals surface area contributed by atoms with Gasteiger partial charge < -0.3 is 10.2 Å². The van der Waals surface area contributed by atoms with Crippen molar-refractivity contribution >= 4 is 27.5 Å². The zero-order chi connectivity index (χ0) is 26.2. The molecular formula is C26H36FN3O4S. The molecule has 0 unspecified atom stereocenters. The lowest BCUT2D eigenvalue weighted by Gasteiger charge is -2.30. The molecule has 0 aliphatic rings. The summed E-state index contributed by atoms with van der Waals surface area (Å²) in [7, 11) is -3.56. The van der Waals surface area contributed by atoms with E-state index in [1.165, 1.54) is 15.3 Å². The van der Waals surface area contributed by atoms with Gasteiger partial charge in [-0.2, -0.15) is 0 Å². The number of carbonyl (C=O) groups is 2. The van der Waals surface area contributed by atoms with Crippen molar-refractivity contribution in [2.45, 2.75) is 65.6 Å². The highest BCUT2D eigenvalue weighted by molar-refractivity contribution is 7.92. The summed E-state index contributed by atoms with van der Waals surface area (Å²) >= 11 is 0. The van der Waals surface area contributed by atoms with Crippen LogP contribution in [0.25, 0.3) is 0 Å². The molecule has 2 rings (SSSR count). The largest absolute Gasteiger partial charge is 0.352 e. The van der Waals surface area contributed by atoms with Crippen LogP contribution < -0.4 is 9.62 Å². The number of hydrogen-bond acceptors (Lipinski definition) is 4. The molecule has 2 aromatic carbocycles. The zero-order valence-corrected chi connectivity index (χ0v) is 21.9. The third kappa shape index (κ3) is 8.06. The van der Waals surface area contributed by atoms with Crippen LogP contribution in [0.15, 0.2) is 48.5 Å². The van der Waals surface area contributed by atoms with E-state index in [9.17, 15) is 22.4 Å². The van der Waals surface area contributed by atoms with E-state index < -0.39 is 21.9 Å². The molecule has 2 atom stereocenters. The molecule has 0 saturated heterocycles. The van der Waals surface area contributed by atoms with Gasteiger partial charge in [-0.15, -0.1) is 0 Å². The molecule has 0 bridgehead atoms. The predicted octanol–water partition coefficient (Wildman–Crippen LogP) is 4.01. The number of anilines is 1. The van der Waals surface area contributed by atoms with Crippen molar-refractivity contribution < 1.29 is 22.4 Å². The van der Waals surface area contributed by atoms with Crippen molar-refractivity contribution in [1.82, 2.24) is 10.2 Å². The van der Waals surface area contributed by atoms with Gasteiger partial charge in [-0.05, 0) is 51.3 Å². The van der Waals surface area contributed by atoms with Crippen molar-refractivity contribution in [3.05, 3.63) is 65.5 Å². The first-order valence-electron chi connectivity index (χ1n) is 11.8. The molecule has 7 nitrogen and oxygen atoms in total. The van der Waals surface area contributed by atoms with Gasteiger partial charge in [-0.25, -0.2) is 12.8 Å². The van der Waals surface area contributed by atoms with Crippen LogP contribution in [0.5, 0.6) is 0 Å². The van der Waals surface area contributed by atoms with E-state index in [0.29, 0.717) is 11.3 Å². The molecule has 0 spiro atoms. The molecule has 2 aromatic rings. The Morgan fingerprint density at radius 2 is 1.69 bits per heavy atom. The van der Waals surface area contributed by atoms with Gasteiger partial charge in [0, 0.05) is 31.1 Å². The fourth-order valence-corrected chi connectivity index (χ4v) is 4.71. The Bertz CT molecular complexity index is 1120. The van der Waals surface area contributed by atoms with Gasteiger partial charge in [0.2, 0.25) is 21.8 Å². The molecular weight excluding hydrogens is 469 g/mol. The van der Waals surface area contributed by atoms with E-state index in [1.54, 1.807) is 37.3 Å². The molecule has 0 aliphatic heterocycles. The molecule has 0 aliphatic carbocycles. The second-order valence-electron chi connectivity index (χ2n) is 8.83. The first-order chi connectivity index (χ1) is 16.5. The summed E-state index contributed by atoms with van der Waals surface area (Å²) in [5.74, 6) is -1.12. The maximum absolute atomic E-state index is 14.3. The van der Waals surface area contributed by atoms with Crippen LogP contribution in [0.4, 0.5) is 10.1 Å². The number of benzene rings is 2. The molecule has 2 amide bonds. The highest BCUT2D eigenvalue weighted by Gasteiger charge is 2.28. The summed E-state index contributed by atoms with van der Waals surface area (Å²) < 4.78 is 40.5. The number of carbonyl (C=O) groups excluding carboxylic acids is 2. The van der Waals surface area contributed by atoms with Gasteiger partial charge in [0.25, 0.3) is 0 Å². The van der Waals surface area contributed by atoms with E-state index in [0.717, 1.165) is 18.2 Å². The lowest BCUT2D eigenvalue weighted by atomic mass is 10.1. The number of amides is 2. The molecule has 0 saturated carbocycles. The van der Waals surface area contributed by atoms with Gasteiger partial charge in [-0.3, -0.25) is 13.9 Å². The second kappa shape index (κ2) is 12.7. The summed E-state index contributed by atoms with van der Waals surface area (Å²) in [6.45, 7) is 7.31. The fraction of sp³-hybridized carbons (Fsp3) is 0.462. The molecule has 0 aromatic heterocycles. The summed E-state index contributed by atoms with van der Waals surface area (Å²) in [6.07, 6.45) is 2.12. The van der Waals surface area contributed by atoms with Crippen LogP contribution in [0.1, 0.15) is 51.2 Å². The minimum Gasteiger partial charge on any atom is -0.352 e. The number of aryl methyl sites for hydroxylation is 1. The Kier molecular flexibility index (Phi) is 10.2. The lowest BCUT2D eigenvalue weighted by Crippen LogP contribution is -2.49. The molecule has 0 fully saturated rings. The second-order valence-corrected chi connectivity index (χ2v) is 10.7. The number of hydrogen-bond donors (Lipinski definition) is 1. The van der Waals surface area contributed by atoms with Crippen molar-refractivity contribution in [2.24, 2.45) is 0 Å². The van der Waals surface area contributed by atoms with E-state index in [-0.39, 0.29) is 43.8 Å². The van der Waals surface area contributed by atoms with E-state index in [2.05, 4.69) is 5.32 Å². The maximum atomic E-state index is 14.3. The van der Waals surface area contributed by atoms with Crippen LogP contribution in [0, 0.1) is 12.7 Å². The Labute approximate surface area is 208 Å². The Balaban J connectivity index is 2.20. The average molecular weight is 506 g/mol.